The number of fused-ring (bicyclic) bond motifs is 1. The first kappa shape index (κ1) is 35.3. The minimum absolute atomic E-state index is 0.0302. The van der Waals surface area contributed by atoms with Crippen LogP contribution < -0.4 is 10.6 Å². The Morgan fingerprint density at radius 3 is 2.20 bits per heavy atom. The van der Waals surface area contributed by atoms with Crippen LogP contribution in [0.3, 0.4) is 0 Å². The molecule has 1 saturated heterocycles. The lowest BCUT2D eigenvalue weighted by atomic mass is 9.91. The lowest BCUT2D eigenvalue weighted by Gasteiger charge is -2.31. The molecule has 262 valence electrons. The lowest BCUT2D eigenvalue weighted by molar-refractivity contribution is -0.157. The predicted molar refractivity (Wildman–Crippen MR) is 190 cm³/mol. The average Bonchev–Trinajstić information content (AvgIpc) is 3.57. The lowest BCUT2D eigenvalue weighted by Crippen LogP contribution is -2.44. The van der Waals surface area contributed by atoms with E-state index in [1.807, 2.05) is 97.1 Å². The highest BCUT2D eigenvalue weighted by Crippen LogP contribution is 2.47. The molecule has 0 saturated carbocycles. The molecule has 0 aromatic heterocycles. The zero-order valence-corrected chi connectivity index (χ0v) is 27.9. The predicted octanol–water partition coefficient (Wildman–Crippen LogP) is 4.80. The number of benzene rings is 4. The Morgan fingerprint density at radius 1 is 0.824 bits per heavy atom. The van der Waals surface area contributed by atoms with Gasteiger partial charge in [0.15, 0.2) is 0 Å². The number of esters is 1. The number of carbonyl (C=O) groups is 3. The number of hydrogen-bond acceptors (Lipinski definition) is 8. The summed E-state index contributed by atoms with van der Waals surface area (Å²) in [5.41, 5.74) is 3.52. The average molecular weight is 689 g/mol. The molecule has 10 nitrogen and oxygen atoms in total. The van der Waals surface area contributed by atoms with E-state index in [0.29, 0.717) is 23.1 Å². The smallest absolute Gasteiger partial charge is 0.339 e. The largest absolute Gasteiger partial charge is 0.508 e. The molecule has 3 unspecified atom stereocenters. The van der Waals surface area contributed by atoms with Crippen molar-refractivity contribution >= 4 is 23.9 Å². The fourth-order valence-corrected chi connectivity index (χ4v) is 6.30. The summed E-state index contributed by atoms with van der Waals surface area (Å²) in [7, 11) is 0. The van der Waals surface area contributed by atoms with Gasteiger partial charge in [0.1, 0.15) is 24.1 Å². The Labute approximate surface area is 296 Å². The van der Waals surface area contributed by atoms with Gasteiger partial charge in [0, 0.05) is 42.6 Å². The number of nitrogens with one attached hydrogen (secondary N) is 2. The Morgan fingerprint density at radius 2 is 1.49 bits per heavy atom. The van der Waals surface area contributed by atoms with Gasteiger partial charge in [-0.3, -0.25) is 9.59 Å². The third-order valence-electron chi connectivity index (χ3n) is 8.82. The van der Waals surface area contributed by atoms with Gasteiger partial charge in [-0.05, 0) is 35.8 Å². The number of para-hydroxylation sites is 1. The molecule has 1 aliphatic carbocycles. The van der Waals surface area contributed by atoms with Crippen LogP contribution in [0.25, 0.3) is 6.08 Å². The van der Waals surface area contributed by atoms with Gasteiger partial charge in [0.2, 0.25) is 17.6 Å². The monoisotopic (exact) mass is 688 g/mol. The van der Waals surface area contributed by atoms with E-state index in [1.54, 1.807) is 30.3 Å². The molecular formula is C41H40N2O8. The highest BCUT2D eigenvalue weighted by molar-refractivity contribution is 5.95. The van der Waals surface area contributed by atoms with Gasteiger partial charge in [-0.1, -0.05) is 109 Å². The van der Waals surface area contributed by atoms with Crippen molar-refractivity contribution in [1.29, 1.82) is 0 Å². The number of rotatable bonds is 13. The SMILES string of the molecule is O=C(CCNC(=O)C1=CC2OC(c3ccccc3)(c3ccccc3)OC2C(OC(=O)c2ccccc2C=CCc2ccccc2O)C1)NCCO. The molecule has 10 heteroatoms. The Hall–Kier alpha value is -5.55. The number of allylic oxidation sites excluding steroid dienone is 1. The number of aliphatic hydroxyl groups is 1. The number of phenols is 1. The van der Waals surface area contributed by atoms with Crippen LogP contribution in [0, 0.1) is 0 Å². The zero-order chi connectivity index (χ0) is 35.6. The van der Waals surface area contributed by atoms with Crippen LogP contribution >= 0.6 is 0 Å². The van der Waals surface area contributed by atoms with E-state index >= 15 is 0 Å². The minimum atomic E-state index is -1.35. The van der Waals surface area contributed by atoms with Crippen molar-refractivity contribution in [3.8, 4) is 5.75 Å². The van der Waals surface area contributed by atoms with Crippen LogP contribution in [0.4, 0.5) is 0 Å². The fourth-order valence-electron chi connectivity index (χ4n) is 6.30. The number of hydrogen-bond donors (Lipinski definition) is 4. The maximum absolute atomic E-state index is 13.9. The van der Waals surface area contributed by atoms with Crippen molar-refractivity contribution in [2.45, 2.75) is 43.4 Å². The number of amides is 2. The van der Waals surface area contributed by atoms with Gasteiger partial charge in [-0.25, -0.2) is 4.79 Å². The molecule has 1 aliphatic heterocycles. The van der Waals surface area contributed by atoms with E-state index in [9.17, 15) is 19.5 Å². The summed E-state index contributed by atoms with van der Waals surface area (Å²) >= 11 is 0. The van der Waals surface area contributed by atoms with Crippen LogP contribution in [0.2, 0.25) is 0 Å². The number of aromatic hydroxyl groups is 1. The summed E-state index contributed by atoms with van der Waals surface area (Å²) in [4.78, 5) is 39.5. The van der Waals surface area contributed by atoms with E-state index < -0.39 is 36.0 Å². The van der Waals surface area contributed by atoms with Crippen LogP contribution in [-0.2, 0) is 36.0 Å². The Balaban J connectivity index is 1.27. The highest BCUT2D eigenvalue weighted by atomic mass is 16.8. The van der Waals surface area contributed by atoms with Gasteiger partial charge in [0.25, 0.3) is 0 Å². The van der Waals surface area contributed by atoms with Crippen molar-refractivity contribution in [3.63, 3.8) is 0 Å². The topological polar surface area (TPSA) is 143 Å². The van der Waals surface area contributed by atoms with E-state index in [0.717, 1.165) is 16.7 Å². The Kier molecular flexibility index (Phi) is 11.4. The first-order chi connectivity index (χ1) is 24.9. The van der Waals surface area contributed by atoms with Gasteiger partial charge in [-0.2, -0.15) is 0 Å². The van der Waals surface area contributed by atoms with Gasteiger partial charge in [0.05, 0.1) is 12.2 Å². The molecule has 4 aromatic rings. The standard InChI is InChI=1S/C41H40N2O8/c44-25-24-42-37(46)22-23-43-39(47)30-26-35(49-40(48)33-20-9-7-12-28(33)14-11-15-29-13-8-10-21-34(29)45)38-36(27-30)50-41(51-38,31-16-3-1-4-17-31)32-18-5-2-6-19-32/h1-14,16-21,27,35-36,38,44-45H,15,22-26H2,(H,42,46)(H,43,47). The van der Waals surface area contributed by atoms with Gasteiger partial charge in [-0.15, -0.1) is 0 Å². The molecule has 6 rings (SSSR count). The molecule has 0 radical (unpaired) electrons. The minimum Gasteiger partial charge on any atom is -0.508 e. The molecule has 1 fully saturated rings. The molecule has 4 aromatic carbocycles. The molecule has 3 atom stereocenters. The molecule has 1 heterocycles. The summed E-state index contributed by atoms with van der Waals surface area (Å²) in [6, 6.07) is 33.1. The van der Waals surface area contributed by atoms with Crippen LogP contribution in [0.5, 0.6) is 5.75 Å². The number of phenolic OH excluding ortho intramolecular Hbond substituents is 1. The summed E-state index contributed by atoms with van der Waals surface area (Å²) in [5.74, 6) is -2.47. The molecule has 0 bridgehead atoms. The number of ether oxygens (including phenoxy) is 3. The second-order valence-corrected chi connectivity index (χ2v) is 12.3. The maximum Gasteiger partial charge on any atom is 0.339 e. The van der Waals surface area contributed by atoms with Crippen molar-refractivity contribution in [2.75, 3.05) is 19.7 Å². The van der Waals surface area contributed by atoms with Crippen LogP contribution in [-0.4, -0.2) is 66.0 Å². The van der Waals surface area contributed by atoms with E-state index in [2.05, 4.69) is 10.6 Å². The summed E-state index contributed by atoms with van der Waals surface area (Å²) < 4.78 is 19.8. The van der Waals surface area contributed by atoms with E-state index in [1.165, 1.54) is 0 Å². The summed E-state index contributed by atoms with van der Waals surface area (Å²) in [6.45, 7) is 0.0233. The molecule has 4 N–H and O–H groups in total. The van der Waals surface area contributed by atoms with Crippen molar-refractivity contribution in [2.24, 2.45) is 0 Å². The normalized spacial score (nSPS) is 19.2. The van der Waals surface area contributed by atoms with Crippen molar-refractivity contribution in [1.82, 2.24) is 10.6 Å². The Bertz CT molecular complexity index is 1850. The molecule has 2 amide bonds. The highest BCUT2D eigenvalue weighted by Gasteiger charge is 2.55. The molecule has 51 heavy (non-hydrogen) atoms. The number of aliphatic hydroxyl groups excluding tert-OH is 1. The quantitative estimate of drug-likeness (QED) is 0.147. The first-order valence-corrected chi connectivity index (χ1v) is 16.9. The second-order valence-electron chi connectivity index (χ2n) is 12.3. The summed E-state index contributed by atoms with van der Waals surface area (Å²) in [5, 5.41) is 24.5. The first-order valence-electron chi connectivity index (χ1n) is 16.9. The van der Waals surface area contributed by atoms with Gasteiger partial charge < -0.3 is 35.1 Å². The fraction of sp³-hybridized carbons (Fsp3) is 0.244. The van der Waals surface area contributed by atoms with Crippen molar-refractivity contribution in [3.05, 3.63) is 155 Å². The molecule has 2 aliphatic rings. The second kappa shape index (κ2) is 16.4. The molecular weight excluding hydrogens is 648 g/mol. The van der Waals surface area contributed by atoms with Gasteiger partial charge >= 0.3 is 5.97 Å². The molecule has 0 spiro atoms. The zero-order valence-electron chi connectivity index (χ0n) is 27.9. The van der Waals surface area contributed by atoms with E-state index in [4.69, 9.17) is 19.3 Å². The van der Waals surface area contributed by atoms with Crippen molar-refractivity contribution < 1.29 is 38.8 Å². The van der Waals surface area contributed by atoms with Crippen LogP contribution in [0.15, 0.2) is 127 Å². The third-order valence-corrected chi connectivity index (χ3v) is 8.82. The maximum atomic E-state index is 13.9. The van der Waals surface area contributed by atoms with E-state index in [-0.39, 0.29) is 44.2 Å². The summed E-state index contributed by atoms with van der Waals surface area (Å²) in [6.07, 6.45) is 3.49. The van der Waals surface area contributed by atoms with Crippen LogP contribution in [0.1, 0.15) is 45.5 Å². The third kappa shape index (κ3) is 8.26. The number of carbonyl (C=O) groups excluding carboxylic acids is 3.